The van der Waals surface area contributed by atoms with Crippen LogP contribution in [0.1, 0.15) is 45.3 Å². The standard InChI is InChI=1S/C23H21NO6S/c1-12-8-17-18(9-13(12)2)30-22-19(21(17)26)20(14-4-3-5-16(25)10-14)24(23(22)27)15-6-7-31(28,29)11-15/h3-5,8-10,15,20,25H,6-7,11H2,1-2H3/t15-,20-/m1/s1. The number of amides is 1. The van der Waals surface area contributed by atoms with Crippen molar-refractivity contribution in [1.82, 2.24) is 4.90 Å². The van der Waals surface area contributed by atoms with Crippen molar-refractivity contribution in [3.05, 3.63) is 74.6 Å². The quantitative estimate of drug-likeness (QED) is 0.658. The zero-order valence-electron chi connectivity index (χ0n) is 17.1. The molecule has 5 rings (SSSR count). The number of rotatable bonds is 2. The second-order valence-electron chi connectivity index (χ2n) is 8.37. The molecule has 0 bridgehead atoms. The third kappa shape index (κ3) is 3.05. The molecule has 0 radical (unpaired) electrons. The van der Waals surface area contributed by atoms with Crippen LogP contribution in [0, 0.1) is 13.8 Å². The first-order valence-corrected chi connectivity index (χ1v) is 11.9. The Labute approximate surface area is 178 Å². The molecule has 3 aromatic rings. The summed E-state index contributed by atoms with van der Waals surface area (Å²) < 4.78 is 30.2. The van der Waals surface area contributed by atoms with Crippen LogP contribution in [-0.2, 0) is 9.84 Å². The molecule has 1 fully saturated rings. The Morgan fingerprint density at radius 3 is 2.52 bits per heavy atom. The van der Waals surface area contributed by atoms with Gasteiger partial charge in [-0.05, 0) is 61.2 Å². The Hall–Kier alpha value is -3.13. The zero-order chi connectivity index (χ0) is 22.1. The van der Waals surface area contributed by atoms with Crippen LogP contribution in [0.5, 0.6) is 5.75 Å². The van der Waals surface area contributed by atoms with Crippen molar-refractivity contribution in [2.75, 3.05) is 11.5 Å². The molecule has 31 heavy (non-hydrogen) atoms. The van der Waals surface area contributed by atoms with Gasteiger partial charge in [0.25, 0.3) is 5.91 Å². The molecule has 1 saturated heterocycles. The number of hydrogen-bond acceptors (Lipinski definition) is 6. The van der Waals surface area contributed by atoms with Gasteiger partial charge in [-0.1, -0.05) is 12.1 Å². The van der Waals surface area contributed by atoms with Gasteiger partial charge in [-0.3, -0.25) is 9.59 Å². The van der Waals surface area contributed by atoms with E-state index in [4.69, 9.17) is 4.42 Å². The number of fused-ring (bicyclic) bond motifs is 2. The molecule has 2 atom stereocenters. The number of hydrogen-bond donors (Lipinski definition) is 1. The van der Waals surface area contributed by atoms with E-state index in [9.17, 15) is 23.1 Å². The van der Waals surface area contributed by atoms with Gasteiger partial charge in [0.15, 0.2) is 15.3 Å². The van der Waals surface area contributed by atoms with Gasteiger partial charge in [0.05, 0.1) is 28.5 Å². The molecule has 2 aromatic carbocycles. The minimum Gasteiger partial charge on any atom is -0.508 e. The Balaban J connectivity index is 1.79. The van der Waals surface area contributed by atoms with Gasteiger partial charge in [-0.15, -0.1) is 0 Å². The Morgan fingerprint density at radius 2 is 1.84 bits per heavy atom. The van der Waals surface area contributed by atoms with Gasteiger partial charge in [0.2, 0.25) is 5.76 Å². The highest BCUT2D eigenvalue weighted by atomic mass is 32.2. The fraction of sp³-hybridized carbons (Fsp3) is 0.304. The first-order valence-electron chi connectivity index (χ1n) is 10.1. The van der Waals surface area contributed by atoms with Gasteiger partial charge in [0, 0.05) is 6.04 Å². The van der Waals surface area contributed by atoms with Crippen LogP contribution in [0.2, 0.25) is 0 Å². The second kappa shape index (κ2) is 6.68. The summed E-state index contributed by atoms with van der Waals surface area (Å²) in [6.07, 6.45) is 0.295. The van der Waals surface area contributed by atoms with E-state index in [2.05, 4.69) is 0 Å². The van der Waals surface area contributed by atoms with E-state index < -0.39 is 27.8 Å². The number of phenols is 1. The first-order chi connectivity index (χ1) is 14.7. The predicted octanol–water partition coefficient (Wildman–Crippen LogP) is 2.85. The third-order valence-corrected chi connectivity index (χ3v) is 8.06. The molecular formula is C23H21NO6S. The SMILES string of the molecule is Cc1cc2oc3c(c(=O)c2cc1C)[C@@H](c1cccc(O)c1)N([C@@H]1CCS(=O)(=O)C1)C3=O. The van der Waals surface area contributed by atoms with E-state index in [-0.39, 0.29) is 34.0 Å². The van der Waals surface area contributed by atoms with Crippen LogP contribution >= 0.6 is 0 Å². The summed E-state index contributed by atoms with van der Waals surface area (Å²) in [6.45, 7) is 3.80. The second-order valence-corrected chi connectivity index (χ2v) is 10.6. The lowest BCUT2D eigenvalue weighted by atomic mass is 9.96. The van der Waals surface area contributed by atoms with Gasteiger partial charge in [-0.25, -0.2) is 8.42 Å². The molecule has 1 amide bonds. The summed E-state index contributed by atoms with van der Waals surface area (Å²) in [4.78, 5) is 28.5. The number of nitrogens with zero attached hydrogens (tertiary/aromatic N) is 1. The summed E-state index contributed by atoms with van der Waals surface area (Å²) in [5.41, 5.74) is 2.60. The zero-order valence-corrected chi connectivity index (χ0v) is 17.9. The fourth-order valence-corrected chi connectivity index (χ4v) is 6.35. The third-order valence-electron chi connectivity index (χ3n) is 6.31. The van der Waals surface area contributed by atoms with Crippen LogP contribution < -0.4 is 5.43 Å². The number of sulfone groups is 1. The lowest BCUT2D eigenvalue weighted by Crippen LogP contribution is -2.40. The Bertz CT molecular complexity index is 1420. The lowest BCUT2D eigenvalue weighted by molar-refractivity contribution is 0.0662. The van der Waals surface area contributed by atoms with Crippen molar-refractivity contribution in [2.45, 2.75) is 32.4 Å². The number of benzene rings is 2. The maximum atomic E-state index is 13.6. The maximum absolute atomic E-state index is 13.6. The van der Waals surface area contributed by atoms with Crippen LogP contribution in [0.3, 0.4) is 0 Å². The highest BCUT2D eigenvalue weighted by molar-refractivity contribution is 7.91. The van der Waals surface area contributed by atoms with Crippen molar-refractivity contribution in [3.8, 4) is 5.75 Å². The van der Waals surface area contributed by atoms with E-state index in [1.165, 1.54) is 17.0 Å². The van der Waals surface area contributed by atoms with Crippen molar-refractivity contribution >= 4 is 26.7 Å². The van der Waals surface area contributed by atoms with E-state index in [1.54, 1.807) is 24.3 Å². The van der Waals surface area contributed by atoms with Gasteiger partial charge in [-0.2, -0.15) is 0 Å². The van der Waals surface area contributed by atoms with Crippen LogP contribution in [0.25, 0.3) is 11.0 Å². The average molecular weight is 439 g/mol. The molecule has 0 unspecified atom stereocenters. The first kappa shape index (κ1) is 19.8. The number of carbonyl (C=O) groups excluding carboxylic acids is 1. The number of carbonyl (C=O) groups is 1. The molecule has 160 valence electrons. The van der Waals surface area contributed by atoms with Crippen LogP contribution in [0.4, 0.5) is 0 Å². The summed E-state index contributed by atoms with van der Waals surface area (Å²) >= 11 is 0. The van der Waals surface area contributed by atoms with Crippen molar-refractivity contribution in [1.29, 1.82) is 0 Å². The number of phenolic OH excluding ortho intramolecular Hbond substituents is 1. The Morgan fingerprint density at radius 1 is 1.10 bits per heavy atom. The molecule has 1 N–H and O–H groups in total. The monoisotopic (exact) mass is 439 g/mol. The maximum Gasteiger partial charge on any atom is 0.291 e. The topological polar surface area (TPSA) is 105 Å². The molecule has 0 spiro atoms. The van der Waals surface area contributed by atoms with E-state index >= 15 is 0 Å². The highest BCUT2D eigenvalue weighted by Crippen LogP contribution is 2.42. The largest absolute Gasteiger partial charge is 0.508 e. The van der Waals surface area contributed by atoms with E-state index in [0.29, 0.717) is 23.0 Å². The van der Waals surface area contributed by atoms with Gasteiger partial charge < -0.3 is 14.4 Å². The summed E-state index contributed by atoms with van der Waals surface area (Å²) in [5.74, 6) is -0.726. The van der Waals surface area contributed by atoms with Crippen molar-refractivity contribution < 1.29 is 22.7 Å². The Kier molecular flexibility index (Phi) is 4.27. The van der Waals surface area contributed by atoms with Crippen molar-refractivity contribution in [3.63, 3.8) is 0 Å². The number of aryl methyl sites for hydroxylation is 2. The number of aromatic hydroxyl groups is 1. The predicted molar refractivity (Wildman–Crippen MR) is 115 cm³/mol. The van der Waals surface area contributed by atoms with Gasteiger partial charge in [0.1, 0.15) is 11.3 Å². The molecule has 7 nitrogen and oxygen atoms in total. The highest BCUT2D eigenvalue weighted by Gasteiger charge is 2.48. The van der Waals surface area contributed by atoms with Gasteiger partial charge >= 0.3 is 0 Å². The lowest BCUT2D eigenvalue weighted by Gasteiger charge is -2.30. The van der Waals surface area contributed by atoms with Crippen LogP contribution in [0.15, 0.2) is 45.6 Å². The van der Waals surface area contributed by atoms with Crippen molar-refractivity contribution in [2.24, 2.45) is 0 Å². The molecular weight excluding hydrogens is 418 g/mol. The molecule has 2 aliphatic rings. The minimum atomic E-state index is -3.27. The smallest absolute Gasteiger partial charge is 0.291 e. The molecule has 1 aromatic heterocycles. The summed E-state index contributed by atoms with van der Waals surface area (Å²) in [6, 6.07) is 8.44. The average Bonchev–Trinajstić information content (AvgIpc) is 3.20. The minimum absolute atomic E-state index is 0.00552. The molecule has 8 heteroatoms. The van der Waals surface area contributed by atoms with E-state index in [0.717, 1.165) is 11.1 Å². The van der Waals surface area contributed by atoms with E-state index in [1.807, 2.05) is 13.8 Å². The molecule has 2 aliphatic heterocycles. The molecule has 0 saturated carbocycles. The molecule has 3 heterocycles. The fourth-order valence-electron chi connectivity index (χ4n) is 4.64. The normalized spacial score (nSPS) is 22.3. The summed E-state index contributed by atoms with van der Waals surface area (Å²) in [5, 5.41) is 10.4. The molecule has 0 aliphatic carbocycles. The van der Waals surface area contributed by atoms with Crippen LogP contribution in [-0.4, -0.2) is 41.9 Å². The summed E-state index contributed by atoms with van der Waals surface area (Å²) in [7, 11) is -3.27.